The first-order valence-electron chi connectivity index (χ1n) is 4.32. The quantitative estimate of drug-likeness (QED) is 0.926. The molecule has 0 atom stereocenters. The first kappa shape index (κ1) is 12.3. The van der Waals surface area contributed by atoms with E-state index in [-0.39, 0.29) is 0 Å². The van der Waals surface area contributed by atoms with Crippen molar-refractivity contribution in [3.05, 3.63) is 22.7 Å². The van der Waals surface area contributed by atoms with Gasteiger partial charge in [0, 0.05) is 10.5 Å². The third-order valence-electron chi connectivity index (χ3n) is 1.49. The van der Waals surface area contributed by atoms with Crippen LogP contribution >= 0.6 is 15.9 Å². The van der Waals surface area contributed by atoms with Crippen molar-refractivity contribution < 1.29 is 13.2 Å². The number of nitrogens with one attached hydrogen (secondary N) is 1. The van der Waals surface area contributed by atoms with Gasteiger partial charge < -0.3 is 4.74 Å². The van der Waals surface area contributed by atoms with E-state index in [1.165, 1.54) is 0 Å². The zero-order chi connectivity index (χ0) is 11.5. The molecule has 15 heavy (non-hydrogen) atoms. The number of ether oxygens (including phenoxy) is 1. The molecule has 84 valence electrons. The first-order chi connectivity index (χ1) is 6.90. The topological polar surface area (TPSA) is 55.4 Å². The Morgan fingerprint density at radius 2 is 2.07 bits per heavy atom. The average Bonchev–Trinajstić information content (AvgIpc) is 1.99. The highest BCUT2D eigenvalue weighted by Gasteiger charge is 2.04. The molecular weight excluding hydrogens is 282 g/mol. The summed E-state index contributed by atoms with van der Waals surface area (Å²) in [6, 6.07) is 5.08. The van der Waals surface area contributed by atoms with Gasteiger partial charge >= 0.3 is 0 Å². The molecule has 0 fully saturated rings. The van der Waals surface area contributed by atoms with Crippen molar-refractivity contribution in [3.63, 3.8) is 0 Å². The molecule has 0 aromatic heterocycles. The third kappa shape index (κ3) is 4.53. The Balaban J connectivity index is 2.98. The lowest BCUT2D eigenvalue weighted by Gasteiger charge is -2.08. The van der Waals surface area contributed by atoms with Crippen LogP contribution < -0.4 is 9.46 Å². The highest BCUT2D eigenvalue weighted by Crippen LogP contribution is 2.25. The SMILES string of the molecule is CCOc1cc(Br)cc(NS(C)(=O)=O)c1. The Bertz CT molecular complexity index is 445. The summed E-state index contributed by atoms with van der Waals surface area (Å²) in [7, 11) is -3.25. The Hall–Kier alpha value is -0.750. The van der Waals surface area contributed by atoms with Crippen molar-refractivity contribution >= 4 is 31.6 Å². The zero-order valence-electron chi connectivity index (χ0n) is 8.45. The monoisotopic (exact) mass is 293 g/mol. The molecule has 0 bridgehead atoms. The number of sulfonamides is 1. The van der Waals surface area contributed by atoms with Gasteiger partial charge in [0.1, 0.15) is 5.75 Å². The van der Waals surface area contributed by atoms with Crippen LogP contribution in [0.4, 0.5) is 5.69 Å². The van der Waals surface area contributed by atoms with Crippen molar-refractivity contribution in [1.82, 2.24) is 0 Å². The van der Waals surface area contributed by atoms with Crippen LogP contribution in [0.5, 0.6) is 5.75 Å². The molecule has 1 aromatic carbocycles. The summed E-state index contributed by atoms with van der Waals surface area (Å²) in [5.41, 5.74) is 0.482. The van der Waals surface area contributed by atoms with Crippen LogP contribution in [0, 0.1) is 0 Å². The number of benzene rings is 1. The van der Waals surface area contributed by atoms with E-state index in [9.17, 15) is 8.42 Å². The van der Waals surface area contributed by atoms with E-state index in [2.05, 4.69) is 20.7 Å². The van der Waals surface area contributed by atoms with Crippen molar-refractivity contribution in [3.8, 4) is 5.75 Å². The van der Waals surface area contributed by atoms with E-state index in [0.717, 1.165) is 10.7 Å². The lowest BCUT2D eigenvalue weighted by Crippen LogP contribution is -2.09. The van der Waals surface area contributed by atoms with Crippen LogP contribution in [-0.4, -0.2) is 21.3 Å². The van der Waals surface area contributed by atoms with Gasteiger partial charge in [0.25, 0.3) is 0 Å². The summed E-state index contributed by atoms with van der Waals surface area (Å²) in [4.78, 5) is 0. The molecule has 0 aliphatic rings. The molecule has 1 aromatic rings. The third-order valence-corrected chi connectivity index (χ3v) is 2.55. The molecule has 0 amide bonds. The fourth-order valence-corrected chi connectivity index (χ4v) is 2.10. The molecule has 0 saturated heterocycles. The average molecular weight is 294 g/mol. The summed E-state index contributed by atoms with van der Waals surface area (Å²) >= 11 is 3.28. The maximum absolute atomic E-state index is 11.0. The summed E-state index contributed by atoms with van der Waals surface area (Å²) in [5.74, 6) is 0.623. The molecule has 0 aliphatic carbocycles. The van der Waals surface area contributed by atoms with E-state index in [0.29, 0.717) is 18.0 Å². The fraction of sp³-hybridized carbons (Fsp3) is 0.333. The van der Waals surface area contributed by atoms with Crippen LogP contribution in [0.3, 0.4) is 0 Å². The fourth-order valence-electron chi connectivity index (χ4n) is 1.09. The van der Waals surface area contributed by atoms with Gasteiger partial charge in [-0.1, -0.05) is 15.9 Å². The first-order valence-corrected chi connectivity index (χ1v) is 7.00. The van der Waals surface area contributed by atoms with Gasteiger partial charge in [-0.3, -0.25) is 4.72 Å². The molecule has 0 spiro atoms. The summed E-state index contributed by atoms with van der Waals surface area (Å²) in [6.07, 6.45) is 1.11. The van der Waals surface area contributed by atoms with Crippen molar-refractivity contribution in [1.29, 1.82) is 0 Å². The second-order valence-corrected chi connectivity index (χ2v) is 5.65. The van der Waals surface area contributed by atoms with Gasteiger partial charge in [-0.05, 0) is 19.1 Å². The largest absolute Gasteiger partial charge is 0.494 e. The molecule has 0 saturated carbocycles. The normalized spacial score (nSPS) is 11.1. The maximum atomic E-state index is 11.0. The molecule has 1 N–H and O–H groups in total. The Morgan fingerprint density at radius 1 is 1.40 bits per heavy atom. The highest BCUT2D eigenvalue weighted by atomic mass is 79.9. The Labute approximate surface area is 97.8 Å². The van der Waals surface area contributed by atoms with Gasteiger partial charge in [-0.15, -0.1) is 0 Å². The molecule has 0 radical (unpaired) electrons. The number of hydrogen-bond acceptors (Lipinski definition) is 3. The van der Waals surface area contributed by atoms with E-state index >= 15 is 0 Å². The molecule has 4 nitrogen and oxygen atoms in total. The smallest absolute Gasteiger partial charge is 0.229 e. The second-order valence-electron chi connectivity index (χ2n) is 2.98. The minimum absolute atomic E-state index is 0.482. The number of anilines is 1. The molecular formula is C9H12BrNO3S. The minimum atomic E-state index is -3.25. The zero-order valence-corrected chi connectivity index (χ0v) is 10.9. The summed E-state index contributed by atoms with van der Waals surface area (Å²) in [6.45, 7) is 2.40. The summed E-state index contributed by atoms with van der Waals surface area (Å²) < 4.78 is 30.5. The van der Waals surface area contributed by atoms with Crippen molar-refractivity contribution in [2.75, 3.05) is 17.6 Å². The number of halogens is 1. The van der Waals surface area contributed by atoms with Crippen LogP contribution in [0.25, 0.3) is 0 Å². The van der Waals surface area contributed by atoms with Gasteiger partial charge in [0.05, 0.1) is 18.6 Å². The predicted octanol–water partition coefficient (Wildman–Crippen LogP) is 2.22. The van der Waals surface area contributed by atoms with Crippen LogP contribution in [0.1, 0.15) is 6.92 Å². The summed E-state index contributed by atoms with van der Waals surface area (Å²) in [5, 5.41) is 0. The van der Waals surface area contributed by atoms with E-state index in [1.54, 1.807) is 18.2 Å². The van der Waals surface area contributed by atoms with E-state index < -0.39 is 10.0 Å². The van der Waals surface area contributed by atoms with Gasteiger partial charge in [0.15, 0.2) is 0 Å². The lowest BCUT2D eigenvalue weighted by atomic mass is 10.3. The minimum Gasteiger partial charge on any atom is -0.494 e. The second kappa shape index (κ2) is 4.85. The van der Waals surface area contributed by atoms with E-state index in [1.807, 2.05) is 6.92 Å². The Morgan fingerprint density at radius 3 is 2.60 bits per heavy atom. The van der Waals surface area contributed by atoms with Crippen molar-refractivity contribution in [2.24, 2.45) is 0 Å². The molecule has 0 heterocycles. The van der Waals surface area contributed by atoms with Crippen LogP contribution in [0.2, 0.25) is 0 Å². The van der Waals surface area contributed by atoms with Gasteiger partial charge in [-0.25, -0.2) is 8.42 Å². The number of hydrogen-bond donors (Lipinski definition) is 1. The van der Waals surface area contributed by atoms with Crippen molar-refractivity contribution in [2.45, 2.75) is 6.92 Å². The van der Waals surface area contributed by atoms with Gasteiger partial charge in [-0.2, -0.15) is 0 Å². The molecule has 0 unspecified atom stereocenters. The number of rotatable bonds is 4. The van der Waals surface area contributed by atoms with E-state index in [4.69, 9.17) is 4.74 Å². The standard InChI is InChI=1S/C9H12BrNO3S/c1-3-14-9-5-7(10)4-8(6-9)11-15(2,12)13/h4-6,11H,3H2,1-2H3. The maximum Gasteiger partial charge on any atom is 0.229 e. The van der Waals surface area contributed by atoms with Crippen LogP contribution in [-0.2, 0) is 10.0 Å². The van der Waals surface area contributed by atoms with Crippen LogP contribution in [0.15, 0.2) is 22.7 Å². The van der Waals surface area contributed by atoms with Gasteiger partial charge in [0.2, 0.25) is 10.0 Å². The Kier molecular flexibility index (Phi) is 3.98. The molecule has 1 rings (SSSR count). The lowest BCUT2D eigenvalue weighted by molar-refractivity contribution is 0.340. The molecule has 0 aliphatic heterocycles. The predicted molar refractivity (Wildman–Crippen MR) is 63.8 cm³/mol. The molecule has 6 heteroatoms. The highest BCUT2D eigenvalue weighted by molar-refractivity contribution is 9.10.